The van der Waals surface area contributed by atoms with Crippen molar-refractivity contribution in [3.05, 3.63) is 71.4 Å². The summed E-state index contributed by atoms with van der Waals surface area (Å²) >= 11 is 0. The molecule has 28 heavy (non-hydrogen) atoms. The highest BCUT2D eigenvalue weighted by molar-refractivity contribution is 5.91. The summed E-state index contributed by atoms with van der Waals surface area (Å²) in [6.07, 6.45) is 1.89. The number of nitrogens with zero attached hydrogens (tertiary/aromatic N) is 2. The number of aryl methyl sites for hydroxylation is 1. The second kappa shape index (κ2) is 8.33. The third-order valence-corrected chi connectivity index (χ3v) is 4.44. The van der Waals surface area contributed by atoms with E-state index in [9.17, 15) is 4.79 Å². The number of nitrogens with one attached hydrogen (secondary N) is 1. The van der Waals surface area contributed by atoms with Gasteiger partial charge in [0.25, 0.3) is 5.91 Å². The summed E-state index contributed by atoms with van der Waals surface area (Å²) in [5.74, 6) is 1.35. The van der Waals surface area contributed by atoms with Crippen LogP contribution in [0.4, 0.5) is 0 Å². The lowest BCUT2D eigenvalue weighted by molar-refractivity contribution is 0.0918. The molecule has 0 fully saturated rings. The molecule has 2 aromatic heterocycles. The Morgan fingerprint density at radius 1 is 1.14 bits per heavy atom. The first-order chi connectivity index (χ1) is 13.3. The van der Waals surface area contributed by atoms with E-state index in [1.807, 2.05) is 36.0 Å². The van der Waals surface area contributed by atoms with Crippen molar-refractivity contribution >= 4 is 5.91 Å². The fourth-order valence-electron chi connectivity index (χ4n) is 2.72. The second-order valence-electron chi connectivity index (χ2n) is 7.67. The molecule has 6 heteroatoms. The maximum absolute atomic E-state index is 12.2. The molecular weight excluding hydrogens is 354 g/mol. The molecule has 0 radical (unpaired) electrons. The average Bonchev–Trinajstić information content (AvgIpc) is 3.33. The van der Waals surface area contributed by atoms with Crippen molar-refractivity contribution in [2.75, 3.05) is 0 Å². The van der Waals surface area contributed by atoms with E-state index in [0.717, 1.165) is 18.0 Å². The van der Waals surface area contributed by atoms with Crippen molar-refractivity contribution in [2.45, 2.75) is 52.8 Å². The first-order valence-electron chi connectivity index (χ1n) is 9.48. The van der Waals surface area contributed by atoms with Crippen LogP contribution in [-0.4, -0.2) is 15.7 Å². The Labute approximate surface area is 165 Å². The number of amides is 1. The molecule has 3 aromatic rings. The number of ether oxygens (including phenoxy) is 1. The van der Waals surface area contributed by atoms with Gasteiger partial charge in [-0.15, -0.1) is 0 Å². The smallest absolute Gasteiger partial charge is 0.287 e. The molecule has 0 bridgehead atoms. The molecule has 0 unspecified atom stereocenters. The van der Waals surface area contributed by atoms with Crippen LogP contribution in [0.3, 0.4) is 0 Å². The third kappa shape index (κ3) is 5.03. The Kier molecular flexibility index (Phi) is 5.87. The molecule has 1 amide bonds. The van der Waals surface area contributed by atoms with E-state index in [-0.39, 0.29) is 23.7 Å². The van der Waals surface area contributed by atoms with E-state index < -0.39 is 0 Å². The van der Waals surface area contributed by atoms with Crippen LogP contribution in [0.5, 0.6) is 5.75 Å². The van der Waals surface area contributed by atoms with Gasteiger partial charge >= 0.3 is 0 Å². The topological polar surface area (TPSA) is 69.3 Å². The van der Waals surface area contributed by atoms with Crippen LogP contribution in [0, 0.1) is 0 Å². The fourth-order valence-corrected chi connectivity index (χ4v) is 2.72. The molecule has 0 aliphatic heterocycles. The molecule has 6 nitrogen and oxygen atoms in total. The molecule has 0 spiro atoms. The zero-order valence-corrected chi connectivity index (χ0v) is 16.9. The summed E-state index contributed by atoms with van der Waals surface area (Å²) in [4.78, 5) is 12.2. The molecule has 3 rings (SSSR count). The van der Waals surface area contributed by atoms with Gasteiger partial charge in [-0.05, 0) is 48.2 Å². The highest BCUT2D eigenvalue weighted by Crippen LogP contribution is 2.24. The standard InChI is InChI=1S/C22H27N3O3/c1-5-25-13-12-17(24-25)14-23-21(26)20-11-10-19(28-20)15-27-18-8-6-16(7-9-18)22(2,3)4/h6-13H,5,14-15H2,1-4H3,(H,23,26). The van der Waals surface area contributed by atoms with E-state index in [2.05, 4.69) is 43.3 Å². The van der Waals surface area contributed by atoms with Crippen molar-refractivity contribution in [1.82, 2.24) is 15.1 Å². The summed E-state index contributed by atoms with van der Waals surface area (Å²) in [6, 6.07) is 13.3. The van der Waals surface area contributed by atoms with Crippen molar-refractivity contribution in [1.29, 1.82) is 0 Å². The minimum Gasteiger partial charge on any atom is -0.486 e. The van der Waals surface area contributed by atoms with Gasteiger partial charge in [0.05, 0.1) is 12.2 Å². The van der Waals surface area contributed by atoms with Gasteiger partial charge in [0, 0.05) is 12.7 Å². The predicted molar refractivity (Wildman–Crippen MR) is 107 cm³/mol. The Hall–Kier alpha value is -3.02. The first-order valence-corrected chi connectivity index (χ1v) is 9.48. The molecule has 2 heterocycles. The zero-order chi connectivity index (χ0) is 20.1. The Balaban J connectivity index is 1.51. The quantitative estimate of drug-likeness (QED) is 0.662. The van der Waals surface area contributed by atoms with Crippen LogP contribution < -0.4 is 10.1 Å². The summed E-state index contributed by atoms with van der Waals surface area (Å²) in [7, 11) is 0. The van der Waals surface area contributed by atoms with Gasteiger partial charge in [0.2, 0.25) is 0 Å². The van der Waals surface area contributed by atoms with E-state index >= 15 is 0 Å². The van der Waals surface area contributed by atoms with Gasteiger partial charge in [-0.3, -0.25) is 9.48 Å². The van der Waals surface area contributed by atoms with E-state index in [4.69, 9.17) is 9.15 Å². The average molecular weight is 381 g/mol. The van der Waals surface area contributed by atoms with Gasteiger partial charge in [-0.1, -0.05) is 32.9 Å². The first kappa shape index (κ1) is 19.7. The second-order valence-corrected chi connectivity index (χ2v) is 7.67. The monoisotopic (exact) mass is 381 g/mol. The van der Waals surface area contributed by atoms with Crippen LogP contribution in [0.1, 0.15) is 55.3 Å². The van der Waals surface area contributed by atoms with Crippen LogP contribution in [0.2, 0.25) is 0 Å². The minimum atomic E-state index is -0.271. The third-order valence-electron chi connectivity index (χ3n) is 4.44. The molecular formula is C22H27N3O3. The lowest BCUT2D eigenvalue weighted by Crippen LogP contribution is -2.22. The number of carbonyl (C=O) groups is 1. The SMILES string of the molecule is CCn1ccc(CNC(=O)c2ccc(COc3ccc(C(C)(C)C)cc3)o2)n1. The van der Waals surface area contributed by atoms with Crippen molar-refractivity contribution < 1.29 is 13.9 Å². The predicted octanol–water partition coefficient (Wildman–Crippen LogP) is 4.30. The van der Waals surface area contributed by atoms with Gasteiger partial charge in [-0.25, -0.2) is 0 Å². The van der Waals surface area contributed by atoms with E-state index in [1.54, 1.807) is 12.1 Å². The Bertz CT molecular complexity index is 917. The van der Waals surface area contributed by atoms with Crippen LogP contribution in [0.25, 0.3) is 0 Å². The molecule has 0 saturated heterocycles. The molecule has 0 aliphatic carbocycles. The molecule has 0 saturated carbocycles. The summed E-state index contributed by atoms with van der Waals surface area (Å²) in [6.45, 7) is 9.96. The van der Waals surface area contributed by atoms with Gasteiger partial charge in [0.15, 0.2) is 5.76 Å². The lowest BCUT2D eigenvalue weighted by Gasteiger charge is -2.19. The maximum Gasteiger partial charge on any atom is 0.287 e. The summed E-state index contributed by atoms with van der Waals surface area (Å²) < 4.78 is 13.2. The van der Waals surface area contributed by atoms with E-state index in [1.165, 1.54) is 5.56 Å². The summed E-state index contributed by atoms with van der Waals surface area (Å²) in [5.41, 5.74) is 2.17. The van der Waals surface area contributed by atoms with Crippen molar-refractivity contribution in [2.24, 2.45) is 0 Å². The Morgan fingerprint density at radius 3 is 2.54 bits per heavy atom. The Morgan fingerprint density at radius 2 is 1.89 bits per heavy atom. The molecule has 0 aliphatic rings. The highest BCUT2D eigenvalue weighted by atomic mass is 16.5. The largest absolute Gasteiger partial charge is 0.486 e. The molecule has 1 aromatic carbocycles. The van der Waals surface area contributed by atoms with Crippen LogP contribution in [0.15, 0.2) is 53.1 Å². The maximum atomic E-state index is 12.2. The van der Waals surface area contributed by atoms with Gasteiger partial charge in [0.1, 0.15) is 18.1 Å². The number of furan rings is 1. The summed E-state index contributed by atoms with van der Waals surface area (Å²) in [5, 5.41) is 7.15. The van der Waals surface area contributed by atoms with Crippen molar-refractivity contribution in [3.8, 4) is 5.75 Å². The van der Waals surface area contributed by atoms with Gasteiger partial charge < -0.3 is 14.5 Å². The lowest BCUT2D eigenvalue weighted by atomic mass is 9.87. The number of carbonyl (C=O) groups excluding carboxylic acids is 1. The zero-order valence-electron chi connectivity index (χ0n) is 16.9. The fraction of sp³-hybridized carbons (Fsp3) is 0.364. The normalized spacial score (nSPS) is 11.4. The van der Waals surface area contributed by atoms with Gasteiger partial charge in [-0.2, -0.15) is 5.10 Å². The number of aromatic nitrogens is 2. The molecule has 148 valence electrons. The molecule has 1 N–H and O–H groups in total. The highest BCUT2D eigenvalue weighted by Gasteiger charge is 2.14. The van der Waals surface area contributed by atoms with E-state index in [0.29, 0.717) is 12.3 Å². The van der Waals surface area contributed by atoms with Crippen molar-refractivity contribution in [3.63, 3.8) is 0 Å². The van der Waals surface area contributed by atoms with Crippen LogP contribution >= 0.6 is 0 Å². The minimum absolute atomic E-state index is 0.108. The number of benzene rings is 1. The number of hydrogen-bond acceptors (Lipinski definition) is 4. The molecule has 0 atom stereocenters. The van der Waals surface area contributed by atoms with Crippen LogP contribution in [-0.2, 0) is 25.1 Å². The number of hydrogen-bond donors (Lipinski definition) is 1. The number of rotatable bonds is 7.